The van der Waals surface area contributed by atoms with Crippen molar-refractivity contribution in [2.45, 2.75) is 39.7 Å². The van der Waals surface area contributed by atoms with Crippen molar-refractivity contribution in [2.24, 2.45) is 11.8 Å². The highest BCUT2D eigenvalue weighted by Gasteiger charge is 2.24. The van der Waals surface area contributed by atoms with Gasteiger partial charge in [0.1, 0.15) is 0 Å². The van der Waals surface area contributed by atoms with Gasteiger partial charge in [-0.05, 0) is 50.3 Å². The third-order valence-corrected chi connectivity index (χ3v) is 6.20. The summed E-state index contributed by atoms with van der Waals surface area (Å²) in [5, 5.41) is 8.90. The standard InChI is InChI=1S/C25H41N5O3/c1-19(2)15-30-11-12-33-23(17-30)14-26-24(31)18-29-10-4-5-21(16-29)13-27-25(32)28-22-8-6-20(3)7-9-22/h6-9,19,21,23H,4-5,10-18H2,1-3H3,(H,26,31)(H2,27,28,32)/t21-,23-/m0/s1. The van der Waals surface area contributed by atoms with Crippen LogP contribution in [-0.2, 0) is 9.53 Å². The number of anilines is 1. The zero-order chi connectivity index (χ0) is 23.6. The van der Waals surface area contributed by atoms with E-state index in [0.29, 0.717) is 31.5 Å². The van der Waals surface area contributed by atoms with Gasteiger partial charge in [-0.2, -0.15) is 0 Å². The number of morpholine rings is 1. The molecule has 1 aromatic rings. The van der Waals surface area contributed by atoms with Crippen molar-refractivity contribution in [1.82, 2.24) is 20.4 Å². The first-order chi connectivity index (χ1) is 15.9. The van der Waals surface area contributed by atoms with Gasteiger partial charge in [0.05, 0.1) is 19.3 Å². The summed E-state index contributed by atoms with van der Waals surface area (Å²) >= 11 is 0. The number of urea groups is 1. The molecule has 0 spiro atoms. The molecule has 33 heavy (non-hydrogen) atoms. The maximum Gasteiger partial charge on any atom is 0.319 e. The van der Waals surface area contributed by atoms with E-state index in [1.807, 2.05) is 31.2 Å². The van der Waals surface area contributed by atoms with E-state index >= 15 is 0 Å². The molecule has 2 fully saturated rings. The molecular weight excluding hydrogens is 418 g/mol. The predicted octanol–water partition coefficient (Wildman–Crippen LogP) is 2.30. The topological polar surface area (TPSA) is 85.9 Å². The number of nitrogens with one attached hydrogen (secondary N) is 3. The van der Waals surface area contributed by atoms with Crippen LogP contribution in [0.4, 0.5) is 10.5 Å². The van der Waals surface area contributed by atoms with Crippen molar-refractivity contribution >= 4 is 17.6 Å². The third-order valence-electron chi connectivity index (χ3n) is 6.20. The molecule has 0 saturated carbocycles. The molecule has 0 radical (unpaired) electrons. The minimum Gasteiger partial charge on any atom is -0.374 e. The van der Waals surface area contributed by atoms with Crippen LogP contribution in [0.2, 0.25) is 0 Å². The van der Waals surface area contributed by atoms with Gasteiger partial charge in [-0.15, -0.1) is 0 Å². The Balaban J connectivity index is 1.33. The van der Waals surface area contributed by atoms with Crippen molar-refractivity contribution < 1.29 is 14.3 Å². The van der Waals surface area contributed by atoms with Crippen molar-refractivity contribution in [3.63, 3.8) is 0 Å². The molecule has 0 aromatic heterocycles. The van der Waals surface area contributed by atoms with Gasteiger partial charge in [-0.25, -0.2) is 4.79 Å². The maximum absolute atomic E-state index is 12.5. The molecule has 184 valence electrons. The van der Waals surface area contributed by atoms with Gasteiger partial charge < -0.3 is 20.7 Å². The molecule has 0 aliphatic carbocycles. The van der Waals surface area contributed by atoms with Crippen molar-refractivity contribution in [3.8, 4) is 0 Å². The summed E-state index contributed by atoms with van der Waals surface area (Å²) < 4.78 is 5.83. The summed E-state index contributed by atoms with van der Waals surface area (Å²) in [5.41, 5.74) is 1.95. The van der Waals surface area contributed by atoms with Crippen molar-refractivity contribution in [1.29, 1.82) is 0 Å². The second-order valence-corrected chi connectivity index (χ2v) is 9.89. The van der Waals surface area contributed by atoms with Crippen LogP contribution in [0.15, 0.2) is 24.3 Å². The second kappa shape index (κ2) is 12.9. The smallest absolute Gasteiger partial charge is 0.319 e. The fourth-order valence-corrected chi connectivity index (χ4v) is 4.58. The molecule has 8 heteroatoms. The molecule has 1 aromatic carbocycles. The lowest BCUT2D eigenvalue weighted by Crippen LogP contribution is -2.50. The molecule has 2 saturated heterocycles. The van der Waals surface area contributed by atoms with Crippen LogP contribution in [0.1, 0.15) is 32.3 Å². The van der Waals surface area contributed by atoms with E-state index in [4.69, 9.17) is 4.74 Å². The number of carbonyl (C=O) groups is 2. The van der Waals surface area contributed by atoms with Crippen LogP contribution in [0, 0.1) is 18.8 Å². The van der Waals surface area contributed by atoms with E-state index in [-0.39, 0.29) is 18.0 Å². The highest BCUT2D eigenvalue weighted by Crippen LogP contribution is 2.16. The predicted molar refractivity (Wildman–Crippen MR) is 131 cm³/mol. The summed E-state index contributed by atoms with van der Waals surface area (Å²) in [6.07, 6.45) is 2.16. The fraction of sp³-hybridized carbons (Fsp3) is 0.680. The summed E-state index contributed by atoms with van der Waals surface area (Å²) in [6, 6.07) is 7.56. The van der Waals surface area contributed by atoms with Crippen LogP contribution >= 0.6 is 0 Å². The van der Waals surface area contributed by atoms with E-state index in [2.05, 4.69) is 39.6 Å². The van der Waals surface area contributed by atoms with Gasteiger partial charge in [-0.3, -0.25) is 14.6 Å². The summed E-state index contributed by atoms with van der Waals surface area (Å²) in [7, 11) is 0. The number of aryl methyl sites for hydroxylation is 1. The molecule has 3 rings (SSSR count). The van der Waals surface area contributed by atoms with Crippen LogP contribution in [0.5, 0.6) is 0 Å². The molecule has 2 aliphatic heterocycles. The van der Waals surface area contributed by atoms with Crippen molar-refractivity contribution in [2.75, 3.05) is 64.3 Å². The summed E-state index contributed by atoms with van der Waals surface area (Å²) in [4.78, 5) is 29.3. The molecular formula is C25H41N5O3. The van der Waals surface area contributed by atoms with E-state index in [9.17, 15) is 9.59 Å². The van der Waals surface area contributed by atoms with Crippen molar-refractivity contribution in [3.05, 3.63) is 29.8 Å². The lowest BCUT2D eigenvalue weighted by molar-refractivity contribution is -0.123. The van der Waals surface area contributed by atoms with E-state index in [0.717, 1.165) is 63.4 Å². The Bertz CT molecular complexity index is 755. The number of carbonyl (C=O) groups excluding carboxylic acids is 2. The number of piperidine rings is 1. The molecule has 2 atom stereocenters. The lowest BCUT2D eigenvalue weighted by atomic mass is 9.98. The fourth-order valence-electron chi connectivity index (χ4n) is 4.58. The zero-order valence-electron chi connectivity index (χ0n) is 20.4. The Labute approximate surface area is 198 Å². The Morgan fingerprint density at radius 2 is 1.85 bits per heavy atom. The van der Waals surface area contributed by atoms with Crippen LogP contribution < -0.4 is 16.0 Å². The summed E-state index contributed by atoms with van der Waals surface area (Å²) in [6.45, 7) is 13.4. The van der Waals surface area contributed by atoms with E-state index in [1.165, 1.54) is 0 Å². The number of ether oxygens (including phenoxy) is 1. The van der Waals surface area contributed by atoms with Gasteiger partial charge in [0.2, 0.25) is 5.91 Å². The van der Waals surface area contributed by atoms with Gasteiger partial charge in [0.25, 0.3) is 0 Å². The first-order valence-corrected chi connectivity index (χ1v) is 12.3. The Morgan fingerprint density at radius 1 is 1.06 bits per heavy atom. The number of rotatable bonds is 9. The number of hydrogen-bond donors (Lipinski definition) is 3. The second-order valence-electron chi connectivity index (χ2n) is 9.89. The molecule has 2 heterocycles. The maximum atomic E-state index is 12.5. The SMILES string of the molecule is Cc1ccc(NC(=O)NC[C@@H]2CCCN(CC(=O)NC[C@H]3CN(CC(C)C)CCO3)C2)cc1. The molecule has 3 amide bonds. The zero-order valence-corrected chi connectivity index (χ0v) is 20.4. The molecule has 2 aliphatic rings. The monoisotopic (exact) mass is 459 g/mol. The average Bonchev–Trinajstić information content (AvgIpc) is 2.78. The Morgan fingerprint density at radius 3 is 2.61 bits per heavy atom. The Hall–Kier alpha value is -2.16. The summed E-state index contributed by atoms with van der Waals surface area (Å²) in [5.74, 6) is 1.03. The minimum atomic E-state index is -0.187. The molecule has 3 N–H and O–H groups in total. The molecule has 8 nitrogen and oxygen atoms in total. The first kappa shape index (κ1) is 25.5. The van der Waals surface area contributed by atoms with Gasteiger partial charge >= 0.3 is 6.03 Å². The van der Waals surface area contributed by atoms with E-state index < -0.39 is 0 Å². The number of nitrogens with zero attached hydrogens (tertiary/aromatic N) is 2. The van der Waals surface area contributed by atoms with Crippen LogP contribution in [-0.4, -0.2) is 86.8 Å². The minimum absolute atomic E-state index is 0.0466. The van der Waals surface area contributed by atoms with E-state index in [1.54, 1.807) is 0 Å². The molecule has 0 unspecified atom stereocenters. The van der Waals surface area contributed by atoms with Gasteiger partial charge in [0, 0.05) is 45.0 Å². The number of likely N-dealkylation sites (tertiary alicyclic amines) is 1. The number of amides is 3. The van der Waals surface area contributed by atoms with Crippen LogP contribution in [0.3, 0.4) is 0 Å². The lowest BCUT2D eigenvalue weighted by Gasteiger charge is -2.34. The Kier molecular flexibility index (Phi) is 9.96. The normalized spacial score (nSPS) is 22.2. The highest BCUT2D eigenvalue weighted by molar-refractivity contribution is 5.89. The largest absolute Gasteiger partial charge is 0.374 e. The van der Waals surface area contributed by atoms with Crippen LogP contribution in [0.25, 0.3) is 0 Å². The van der Waals surface area contributed by atoms with Gasteiger partial charge in [-0.1, -0.05) is 31.5 Å². The quantitative estimate of drug-likeness (QED) is 0.528. The number of benzene rings is 1. The average molecular weight is 460 g/mol. The third kappa shape index (κ3) is 9.31. The van der Waals surface area contributed by atoms with Gasteiger partial charge in [0.15, 0.2) is 0 Å². The highest BCUT2D eigenvalue weighted by atomic mass is 16.5. The number of hydrogen-bond acceptors (Lipinski definition) is 5. The molecule has 0 bridgehead atoms. The first-order valence-electron chi connectivity index (χ1n) is 12.3.